The molecule has 1 heterocycles. The first kappa shape index (κ1) is 23.8. The van der Waals surface area contributed by atoms with Crippen LogP contribution >= 0.6 is 24.0 Å². The molecule has 6 heteroatoms. The van der Waals surface area contributed by atoms with E-state index in [4.69, 9.17) is 4.74 Å². The number of nitrogens with one attached hydrogen (secondary N) is 2. The third kappa shape index (κ3) is 8.51. The quantitative estimate of drug-likeness (QED) is 0.241. The Kier molecular flexibility index (Phi) is 12.2. The molecule has 0 unspecified atom stereocenters. The molecule has 0 atom stereocenters. The molecule has 152 valence electrons. The minimum atomic E-state index is 0. The Labute approximate surface area is 181 Å². The van der Waals surface area contributed by atoms with Crippen molar-refractivity contribution in [3.05, 3.63) is 42.5 Å². The summed E-state index contributed by atoms with van der Waals surface area (Å²) in [7, 11) is 1.83. The average molecular weight is 486 g/mol. The van der Waals surface area contributed by atoms with Crippen molar-refractivity contribution in [3.63, 3.8) is 0 Å². The predicted octanol–water partition coefficient (Wildman–Crippen LogP) is 3.80. The molecule has 0 bridgehead atoms. The van der Waals surface area contributed by atoms with Gasteiger partial charge in [-0.25, -0.2) is 0 Å². The van der Waals surface area contributed by atoms with Gasteiger partial charge in [0, 0.05) is 38.3 Å². The second-order valence-corrected chi connectivity index (χ2v) is 6.75. The lowest BCUT2D eigenvalue weighted by atomic mass is 10.0. The van der Waals surface area contributed by atoms with Gasteiger partial charge in [0.15, 0.2) is 5.96 Å². The van der Waals surface area contributed by atoms with Crippen LogP contribution in [0.15, 0.2) is 41.9 Å². The van der Waals surface area contributed by atoms with E-state index in [1.165, 1.54) is 45.3 Å². The molecule has 1 aliphatic heterocycles. The third-order valence-electron chi connectivity index (χ3n) is 4.76. The van der Waals surface area contributed by atoms with Gasteiger partial charge in [-0.15, -0.1) is 24.0 Å². The van der Waals surface area contributed by atoms with Crippen molar-refractivity contribution in [1.29, 1.82) is 0 Å². The number of piperidine rings is 1. The topological polar surface area (TPSA) is 48.9 Å². The van der Waals surface area contributed by atoms with Crippen molar-refractivity contribution in [3.8, 4) is 5.75 Å². The van der Waals surface area contributed by atoms with Gasteiger partial charge in [-0.1, -0.05) is 44.2 Å². The number of nitrogens with zero attached hydrogens (tertiary/aromatic N) is 2. The van der Waals surface area contributed by atoms with Crippen LogP contribution in [-0.2, 0) is 6.54 Å². The summed E-state index contributed by atoms with van der Waals surface area (Å²) < 4.78 is 5.72. The minimum absolute atomic E-state index is 0. The van der Waals surface area contributed by atoms with E-state index < -0.39 is 0 Å². The van der Waals surface area contributed by atoms with E-state index >= 15 is 0 Å². The minimum Gasteiger partial charge on any atom is -0.489 e. The normalized spacial score (nSPS) is 15.7. The predicted molar refractivity (Wildman–Crippen MR) is 125 cm³/mol. The molecule has 2 N–H and O–H groups in total. The molecule has 2 rings (SSSR count). The van der Waals surface area contributed by atoms with Gasteiger partial charge in [0.25, 0.3) is 0 Å². The summed E-state index contributed by atoms with van der Waals surface area (Å²) >= 11 is 0. The van der Waals surface area contributed by atoms with Crippen LogP contribution in [0.5, 0.6) is 5.75 Å². The van der Waals surface area contributed by atoms with Gasteiger partial charge >= 0.3 is 0 Å². The summed E-state index contributed by atoms with van der Waals surface area (Å²) in [5.41, 5.74) is 1.12. The fourth-order valence-corrected chi connectivity index (χ4v) is 3.19. The van der Waals surface area contributed by atoms with Gasteiger partial charge in [0.2, 0.25) is 0 Å². The van der Waals surface area contributed by atoms with E-state index in [2.05, 4.69) is 40.1 Å². The number of rotatable bonds is 9. The zero-order valence-electron chi connectivity index (χ0n) is 16.7. The number of ether oxygens (including phenoxy) is 1. The van der Waals surface area contributed by atoms with E-state index in [0.717, 1.165) is 17.3 Å². The first-order valence-corrected chi connectivity index (χ1v) is 9.78. The summed E-state index contributed by atoms with van der Waals surface area (Å²) in [6.07, 6.45) is 6.67. The molecule has 5 nitrogen and oxygen atoms in total. The molecule has 0 aliphatic carbocycles. The van der Waals surface area contributed by atoms with Crippen molar-refractivity contribution in [1.82, 2.24) is 15.5 Å². The zero-order valence-corrected chi connectivity index (χ0v) is 19.1. The number of likely N-dealkylation sites (tertiary alicyclic amines) is 1. The zero-order chi connectivity index (χ0) is 18.6. The van der Waals surface area contributed by atoms with Crippen LogP contribution in [0.4, 0.5) is 0 Å². The SMILES string of the molecule is C=CCOc1ccccc1CNC(=NC)NC1CCN(CCCC)CC1.I. The highest BCUT2D eigenvalue weighted by Gasteiger charge is 2.19. The molecule has 27 heavy (non-hydrogen) atoms. The van der Waals surface area contributed by atoms with Crippen molar-refractivity contribution < 1.29 is 4.74 Å². The van der Waals surface area contributed by atoms with E-state index in [9.17, 15) is 0 Å². The monoisotopic (exact) mass is 486 g/mol. The molecule has 1 saturated heterocycles. The summed E-state index contributed by atoms with van der Waals surface area (Å²) in [4.78, 5) is 6.96. The number of unbranched alkanes of at least 4 members (excludes halogenated alkanes) is 1. The maximum atomic E-state index is 5.72. The van der Waals surface area contributed by atoms with Gasteiger partial charge in [-0.2, -0.15) is 0 Å². The Bertz CT molecular complexity index is 571. The maximum Gasteiger partial charge on any atom is 0.191 e. The summed E-state index contributed by atoms with van der Waals surface area (Å²) in [6.45, 7) is 10.7. The molecule has 1 fully saturated rings. The van der Waals surface area contributed by atoms with E-state index in [1.54, 1.807) is 6.08 Å². The third-order valence-corrected chi connectivity index (χ3v) is 4.76. The standard InChI is InChI=1S/C21H34N4O.HI/c1-4-6-13-25-14-11-19(12-15-25)24-21(22-3)23-17-18-9-7-8-10-20(18)26-16-5-2;/h5,7-10,19H,2,4,6,11-17H2,1,3H3,(H2,22,23,24);1H. The number of hydrogen-bond acceptors (Lipinski definition) is 3. The van der Waals surface area contributed by atoms with E-state index in [0.29, 0.717) is 19.2 Å². The first-order valence-electron chi connectivity index (χ1n) is 9.78. The molecular weight excluding hydrogens is 451 g/mol. The van der Waals surface area contributed by atoms with Crippen LogP contribution in [0.3, 0.4) is 0 Å². The Morgan fingerprint density at radius 1 is 1.33 bits per heavy atom. The van der Waals surface area contributed by atoms with Crippen molar-refractivity contribution >= 4 is 29.9 Å². The Balaban J connectivity index is 0.00000364. The molecule has 1 aromatic rings. The van der Waals surface area contributed by atoms with Crippen molar-refractivity contribution in [2.45, 2.75) is 45.2 Å². The molecule has 0 saturated carbocycles. The van der Waals surface area contributed by atoms with E-state index in [1.807, 2.05) is 25.2 Å². The average Bonchev–Trinajstić information content (AvgIpc) is 2.69. The van der Waals surface area contributed by atoms with Crippen molar-refractivity contribution in [2.24, 2.45) is 4.99 Å². The molecule has 0 radical (unpaired) electrons. The molecule has 0 amide bonds. The van der Waals surface area contributed by atoms with Crippen molar-refractivity contribution in [2.75, 3.05) is 33.3 Å². The highest BCUT2D eigenvalue weighted by molar-refractivity contribution is 14.0. The Hall–Kier alpha value is -1.28. The number of hydrogen-bond donors (Lipinski definition) is 2. The van der Waals surface area contributed by atoms with Crippen LogP contribution in [0, 0.1) is 0 Å². The molecule has 1 aromatic carbocycles. The smallest absolute Gasteiger partial charge is 0.191 e. The largest absolute Gasteiger partial charge is 0.489 e. The van der Waals surface area contributed by atoms with Gasteiger partial charge in [-0.3, -0.25) is 4.99 Å². The lowest BCUT2D eigenvalue weighted by molar-refractivity contribution is 0.203. The second-order valence-electron chi connectivity index (χ2n) is 6.75. The summed E-state index contributed by atoms with van der Waals surface area (Å²) in [5.74, 6) is 1.75. The number of guanidine groups is 1. The first-order chi connectivity index (χ1) is 12.8. The van der Waals surface area contributed by atoms with Gasteiger partial charge in [0.1, 0.15) is 12.4 Å². The molecule has 1 aliphatic rings. The molecular formula is C21H35IN4O. The number of halogens is 1. The Morgan fingerprint density at radius 2 is 2.07 bits per heavy atom. The number of aliphatic imine (C=N–C) groups is 1. The van der Waals surface area contributed by atoms with Crippen LogP contribution in [0.25, 0.3) is 0 Å². The summed E-state index contributed by atoms with van der Waals surface area (Å²) in [5, 5.41) is 6.99. The van der Waals surface area contributed by atoms with Crippen LogP contribution in [-0.4, -0.2) is 50.2 Å². The highest BCUT2D eigenvalue weighted by atomic mass is 127. The lowest BCUT2D eigenvalue weighted by Crippen LogP contribution is -2.48. The van der Waals surface area contributed by atoms with Gasteiger partial charge < -0.3 is 20.3 Å². The van der Waals surface area contributed by atoms with Crippen LogP contribution < -0.4 is 15.4 Å². The van der Waals surface area contributed by atoms with Gasteiger partial charge in [0.05, 0.1) is 0 Å². The molecule has 0 spiro atoms. The fourth-order valence-electron chi connectivity index (χ4n) is 3.19. The van der Waals surface area contributed by atoms with Crippen LogP contribution in [0.2, 0.25) is 0 Å². The number of para-hydroxylation sites is 1. The number of benzene rings is 1. The lowest BCUT2D eigenvalue weighted by Gasteiger charge is -2.33. The summed E-state index contributed by atoms with van der Waals surface area (Å²) in [6, 6.07) is 8.57. The van der Waals surface area contributed by atoms with Crippen LogP contribution in [0.1, 0.15) is 38.2 Å². The Morgan fingerprint density at radius 3 is 2.74 bits per heavy atom. The maximum absolute atomic E-state index is 5.72. The van der Waals surface area contributed by atoms with E-state index in [-0.39, 0.29) is 24.0 Å². The molecule has 0 aromatic heterocycles. The highest BCUT2D eigenvalue weighted by Crippen LogP contribution is 2.17. The second kappa shape index (κ2) is 13.8. The van der Waals surface area contributed by atoms with Gasteiger partial charge in [-0.05, 0) is 31.9 Å². The fraction of sp³-hybridized carbons (Fsp3) is 0.571.